The third kappa shape index (κ3) is 4.18. The van der Waals surface area contributed by atoms with Crippen molar-refractivity contribution in [1.29, 1.82) is 0 Å². The van der Waals surface area contributed by atoms with Crippen LogP contribution < -0.4 is 0 Å². The molecule has 0 aliphatic heterocycles. The van der Waals surface area contributed by atoms with Gasteiger partial charge in [-0.15, -0.1) is 0 Å². The summed E-state index contributed by atoms with van der Waals surface area (Å²) in [6.07, 6.45) is 0. The third-order valence-electron chi connectivity index (χ3n) is 10.5. The van der Waals surface area contributed by atoms with Gasteiger partial charge in [0.15, 0.2) is 0 Å². The highest BCUT2D eigenvalue weighted by atomic mass is 15.1. The molecular weight excluding hydrogens is 605 g/mol. The van der Waals surface area contributed by atoms with E-state index in [2.05, 4.69) is 117 Å². The van der Waals surface area contributed by atoms with Gasteiger partial charge in [0, 0.05) is 16.7 Å². The van der Waals surface area contributed by atoms with Crippen LogP contribution in [0.5, 0.6) is 0 Å². The minimum Gasteiger partial charge on any atom is -0.292 e. The lowest BCUT2D eigenvalue weighted by molar-refractivity contribution is 0.660. The van der Waals surface area contributed by atoms with Crippen molar-refractivity contribution in [3.63, 3.8) is 0 Å². The summed E-state index contributed by atoms with van der Waals surface area (Å²) in [5, 5.41) is 4.55. The zero-order valence-electron chi connectivity index (χ0n) is 32.7. The topological polar surface area (TPSA) is 17.8 Å². The first-order valence-corrected chi connectivity index (χ1v) is 17.0. The predicted octanol–water partition coefficient (Wildman–Crippen LogP) is 12.6. The van der Waals surface area contributed by atoms with Gasteiger partial charge in [0.05, 0.1) is 17.9 Å². The van der Waals surface area contributed by atoms with E-state index >= 15 is 0 Å². The van der Waals surface area contributed by atoms with Gasteiger partial charge in [-0.25, -0.2) is 4.98 Å². The number of fused-ring (bicyclic) bond motifs is 6. The van der Waals surface area contributed by atoms with E-state index in [1.807, 2.05) is 36.4 Å². The molecule has 0 radical (unpaired) electrons. The van der Waals surface area contributed by atoms with E-state index in [4.69, 9.17) is 11.8 Å². The number of benzene rings is 8. The molecule has 2 nitrogen and oxygen atoms in total. The Morgan fingerprint density at radius 1 is 0.520 bits per heavy atom. The van der Waals surface area contributed by atoms with Crippen LogP contribution in [-0.2, 0) is 5.41 Å². The van der Waals surface area contributed by atoms with Gasteiger partial charge in [-0.05, 0) is 102 Å². The Morgan fingerprint density at radius 2 is 1.10 bits per heavy atom. The normalized spacial score (nSPS) is 14.6. The minimum absolute atomic E-state index is 0.0703. The molecule has 0 bridgehead atoms. The molecule has 236 valence electrons. The third-order valence-corrected chi connectivity index (χ3v) is 10.5. The summed E-state index contributed by atoms with van der Waals surface area (Å²) in [5.41, 5.74) is 11.8. The van der Waals surface area contributed by atoms with E-state index in [9.17, 15) is 0 Å². The van der Waals surface area contributed by atoms with E-state index < -0.39 is 6.04 Å². The van der Waals surface area contributed by atoms with Gasteiger partial charge in [0.25, 0.3) is 0 Å². The van der Waals surface area contributed by atoms with E-state index in [1.54, 1.807) is 4.57 Å². The van der Waals surface area contributed by atoms with Crippen LogP contribution in [0.1, 0.15) is 31.8 Å². The molecule has 1 aromatic heterocycles. The molecule has 1 heterocycles. The lowest BCUT2D eigenvalue weighted by Crippen LogP contribution is -2.14. The van der Waals surface area contributed by atoms with Crippen LogP contribution in [0.15, 0.2) is 170 Å². The van der Waals surface area contributed by atoms with Crippen molar-refractivity contribution in [2.45, 2.75) is 19.3 Å². The number of nitrogens with zero attached hydrogens (tertiary/aromatic N) is 2. The Morgan fingerprint density at radius 3 is 1.82 bits per heavy atom. The van der Waals surface area contributed by atoms with Crippen LogP contribution >= 0.6 is 0 Å². The van der Waals surface area contributed by atoms with Gasteiger partial charge < -0.3 is 0 Å². The number of aromatic nitrogens is 2. The Kier molecular flexibility index (Phi) is 5.22. The van der Waals surface area contributed by atoms with Crippen molar-refractivity contribution in [1.82, 2.24) is 9.55 Å². The van der Waals surface area contributed by atoms with Gasteiger partial charge in [-0.2, -0.15) is 0 Å². The number of rotatable bonds is 4. The van der Waals surface area contributed by atoms with Crippen molar-refractivity contribution in [2.75, 3.05) is 0 Å². The molecule has 0 N–H and O–H groups in total. The summed E-state index contributed by atoms with van der Waals surface area (Å²) in [4.78, 5) is 5.02. The lowest BCUT2D eigenvalue weighted by Gasteiger charge is -2.23. The fourth-order valence-electron chi connectivity index (χ4n) is 8.23. The summed E-state index contributed by atoms with van der Waals surface area (Å²) in [7, 11) is 0. The molecule has 9 aromatic rings. The van der Waals surface area contributed by atoms with Gasteiger partial charge >= 0.3 is 0 Å². The molecule has 0 saturated heterocycles. The molecule has 8 aromatic carbocycles. The quantitative estimate of drug-likeness (QED) is 0.175. The summed E-state index contributed by atoms with van der Waals surface area (Å²) < 4.78 is 44.6. The summed E-state index contributed by atoms with van der Waals surface area (Å²) in [6, 6.07) is 46.9. The Bertz CT molecular complexity index is 3000. The largest absolute Gasteiger partial charge is 0.292 e. The molecule has 0 unspecified atom stereocenters. The Hall–Kier alpha value is -6.25. The molecule has 50 heavy (non-hydrogen) atoms. The molecule has 0 saturated carbocycles. The average molecular weight is 644 g/mol. The first-order valence-electron chi connectivity index (χ1n) is 19.5. The summed E-state index contributed by atoms with van der Waals surface area (Å²) >= 11 is 0. The van der Waals surface area contributed by atoms with Gasteiger partial charge in [-0.3, -0.25) is 4.57 Å². The van der Waals surface area contributed by atoms with Crippen LogP contribution in [0.2, 0.25) is 0 Å². The molecule has 1 aliphatic carbocycles. The second-order valence-corrected chi connectivity index (χ2v) is 13.6. The highest BCUT2D eigenvalue weighted by Gasteiger charge is 2.35. The highest BCUT2D eigenvalue weighted by Crippen LogP contribution is 2.51. The smallest absolute Gasteiger partial charge is 0.145 e. The maximum absolute atomic E-state index is 8.87. The van der Waals surface area contributed by atoms with Gasteiger partial charge in [0.1, 0.15) is 5.82 Å². The van der Waals surface area contributed by atoms with Crippen LogP contribution in [0.3, 0.4) is 0 Å². The van der Waals surface area contributed by atoms with Crippen LogP contribution in [0, 0.1) is 0 Å². The van der Waals surface area contributed by atoms with Crippen molar-refractivity contribution in [3.05, 3.63) is 181 Å². The molecule has 1 aliphatic rings. The summed E-state index contributed by atoms with van der Waals surface area (Å²) in [5.74, 6) is 0.494. The zero-order chi connectivity index (χ0) is 37.7. The number of hydrogen-bond acceptors (Lipinski definition) is 1. The fraction of sp³-hybridized carbons (Fsp3) is 0.0625. The van der Waals surface area contributed by atoms with E-state index in [-0.39, 0.29) is 35.3 Å². The van der Waals surface area contributed by atoms with Gasteiger partial charge in [-0.1, -0.05) is 147 Å². The van der Waals surface area contributed by atoms with Crippen molar-refractivity contribution in [2.24, 2.45) is 0 Å². The summed E-state index contributed by atoms with van der Waals surface area (Å²) in [6.45, 7) is 4.64. The van der Waals surface area contributed by atoms with Crippen LogP contribution in [0.25, 0.3) is 83.0 Å². The van der Waals surface area contributed by atoms with Crippen molar-refractivity contribution in [3.8, 4) is 50.5 Å². The molecule has 0 spiro atoms. The first kappa shape index (κ1) is 24.0. The maximum Gasteiger partial charge on any atom is 0.145 e. The van der Waals surface area contributed by atoms with Crippen molar-refractivity contribution < 1.29 is 6.85 Å². The number of para-hydroxylation sites is 3. The minimum atomic E-state index is -0.428. The zero-order valence-corrected chi connectivity index (χ0v) is 27.7. The molecular formula is C48H34N2. The van der Waals surface area contributed by atoms with E-state index in [1.165, 1.54) is 33.4 Å². The maximum atomic E-state index is 8.87. The predicted molar refractivity (Wildman–Crippen MR) is 210 cm³/mol. The standard InChI is InChI=1S/C48H34N2/c1-48(2)41-24-11-10-19-35(41)36-28-27-32(30-42(36)48)46-39-22-8-6-20-37(39)45(38-21-7-9-23-40(38)46)31-15-14-16-33(29-31)47-49-43-25-12-13-26-44(43)50(47)34-17-4-3-5-18-34/h3-30H,1-2H3/i3D,4D,5D,17D,18D. The van der Waals surface area contributed by atoms with E-state index in [0.29, 0.717) is 16.9 Å². The lowest BCUT2D eigenvalue weighted by atomic mass is 9.80. The monoisotopic (exact) mass is 643 g/mol. The molecule has 0 atom stereocenters. The molecule has 10 rings (SSSR count). The van der Waals surface area contributed by atoms with Crippen LogP contribution in [-0.4, -0.2) is 9.55 Å². The highest BCUT2D eigenvalue weighted by molar-refractivity contribution is 6.21. The number of hydrogen-bond donors (Lipinski definition) is 0. The average Bonchev–Trinajstić information content (AvgIpc) is 3.70. The SMILES string of the molecule is [2H]c1c([2H])c([2H])c(-n2c(-c3cccc(-c4c5ccccc5c(-c5ccc6c(c5)C(C)(C)c5ccccc5-6)c5ccccc45)c3)nc3ccccc32)c([2H])c1[2H]. The van der Waals surface area contributed by atoms with Gasteiger partial charge in [0.2, 0.25) is 0 Å². The molecule has 2 heteroatoms. The van der Waals surface area contributed by atoms with Crippen LogP contribution in [0.4, 0.5) is 0 Å². The second kappa shape index (κ2) is 10.9. The molecule has 0 fully saturated rings. The number of imidazole rings is 1. The fourth-order valence-corrected chi connectivity index (χ4v) is 8.23. The first-order chi connectivity index (χ1) is 26.6. The van der Waals surface area contributed by atoms with Crippen molar-refractivity contribution >= 4 is 32.6 Å². The van der Waals surface area contributed by atoms with E-state index in [0.717, 1.165) is 38.2 Å². The Labute approximate surface area is 299 Å². The molecule has 0 amide bonds. The Balaban J connectivity index is 1.21. The second-order valence-electron chi connectivity index (χ2n) is 13.6.